The maximum atomic E-state index is 12.6. The lowest BCUT2D eigenvalue weighted by molar-refractivity contribution is -0.118. The fourth-order valence-corrected chi connectivity index (χ4v) is 3.53. The summed E-state index contributed by atoms with van der Waals surface area (Å²) >= 11 is 6.31. The highest BCUT2D eigenvalue weighted by atomic mass is 35.5. The smallest absolute Gasteiger partial charge is 0.266 e. The summed E-state index contributed by atoms with van der Waals surface area (Å²) in [5, 5.41) is 2.88. The number of nitrogens with one attached hydrogen (secondary N) is 1. The standard InChI is InChI=1S/C24H19ClN2O4/c1-14-7-9-17(11-15(14)2)31-13-22(28)26-21-10-8-16(12-20(21)25)27-23(29)18-5-3-4-6-19(18)24(27)30/h3-12H,13H2,1-2H3,(H,26,28). The molecule has 0 saturated heterocycles. The number of fused-ring (bicyclic) bond motifs is 1. The Morgan fingerprint density at radius 2 is 1.61 bits per heavy atom. The molecule has 0 fully saturated rings. The number of anilines is 2. The van der Waals surface area contributed by atoms with Crippen LogP contribution in [0.3, 0.4) is 0 Å². The van der Waals surface area contributed by atoms with Gasteiger partial charge in [-0.15, -0.1) is 0 Å². The molecule has 1 N–H and O–H groups in total. The van der Waals surface area contributed by atoms with E-state index < -0.39 is 11.8 Å². The third kappa shape index (κ3) is 4.02. The molecule has 0 spiro atoms. The molecule has 0 radical (unpaired) electrons. The lowest BCUT2D eigenvalue weighted by atomic mass is 10.1. The van der Waals surface area contributed by atoms with E-state index in [1.807, 2.05) is 26.0 Å². The molecule has 3 aromatic rings. The van der Waals surface area contributed by atoms with E-state index >= 15 is 0 Å². The van der Waals surface area contributed by atoms with E-state index in [1.165, 1.54) is 6.07 Å². The Bertz CT molecular complexity index is 1190. The second-order valence-electron chi connectivity index (χ2n) is 7.24. The number of aryl methyl sites for hydroxylation is 2. The van der Waals surface area contributed by atoms with Crippen LogP contribution in [0.4, 0.5) is 11.4 Å². The number of amides is 3. The van der Waals surface area contributed by atoms with Crippen molar-refractivity contribution < 1.29 is 19.1 Å². The van der Waals surface area contributed by atoms with Crippen molar-refractivity contribution >= 4 is 40.7 Å². The minimum atomic E-state index is -0.407. The minimum absolute atomic E-state index is 0.182. The summed E-state index contributed by atoms with van der Waals surface area (Å²) in [5.41, 5.74) is 3.61. The molecule has 4 rings (SSSR count). The Morgan fingerprint density at radius 3 is 2.23 bits per heavy atom. The van der Waals surface area contributed by atoms with Gasteiger partial charge in [-0.3, -0.25) is 14.4 Å². The van der Waals surface area contributed by atoms with Gasteiger partial charge in [0.05, 0.1) is 27.5 Å². The number of hydrogen-bond acceptors (Lipinski definition) is 4. The molecule has 0 aromatic heterocycles. The summed E-state index contributed by atoms with van der Waals surface area (Å²) in [4.78, 5) is 38.6. The van der Waals surface area contributed by atoms with Gasteiger partial charge < -0.3 is 10.1 Å². The average molecular weight is 435 g/mol. The zero-order chi connectivity index (χ0) is 22.1. The van der Waals surface area contributed by atoms with Gasteiger partial charge in [0.1, 0.15) is 5.75 Å². The maximum absolute atomic E-state index is 12.6. The lowest BCUT2D eigenvalue weighted by Gasteiger charge is -2.16. The Morgan fingerprint density at radius 1 is 0.935 bits per heavy atom. The van der Waals surface area contributed by atoms with Gasteiger partial charge in [0.2, 0.25) is 0 Å². The number of halogens is 1. The fourth-order valence-electron chi connectivity index (χ4n) is 3.31. The summed E-state index contributed by atoms with van der Waals surface area (Å²) in [6.45, 7) is 3.79. The molecule has 0 aliphatic carbocycles. The number of carbonyl (C=O) groups excluding carboxylic acids is 3. The van der Waals surface area contributed by atoms with Gasteiger partial charge in [0.25, 0.3) is 17.7 Å². The second-order valence-corrected chi connectivity index (χ2v) is 7.65. The van der Waals surface area contributed by atoms with Gasteiger partial charge in [0, 0.05) is 0 Å². The molecule has 1 aliphatic rings. The SMILES string of the molecule is Cc1ccc(OCC(=O)Nc2ccc(N3C(=O)c4ccccc4C3=O)cc2Cl)cc1C. The van der Waals surface area contributed by atoms with E-state index in [9.17, 15) is 14.4 Å². The van der Waals surface area contributed by atoms with E-state index in [2.05, 4.69) is 5.32 Å². The van der Waals surface area contributed by atoms with Crippen molar-refractivity contribution in [3.05, 3.63) is 87.9 Å². The van der Waals surface area contributed by atoms with E-state index in [0.29, 0.717) is 28.3 Å². The molecular formula is C24H19ClN2O4. The second kappa shape index (κ2) is 8.24. The maximum Gasteiger partial charge on any atom is 0.266 e. The zero-order valence-corrected chi connectivity index (χ0v) is 17.7. The number of imide groups is 1. The van der Waals surface area contributed by atoms with Crippen LogP contribution in [0.1, 0.15) is 31.8 Å². The molecule has 6 nitrogen and oxygen atoms in total. The number of carbonyl (C=O) groups is 3. The normalized spacial score (nSPS) is 12.7. The van der Waals surface area contributed by atoms with Crippen molar-refractivity contribution in [2.24, 2.45) is 0 Å². The van der Waals surface area contributed by atoms with Crippen LogP contribution in [0.15, 0.2) is 60.7 Å². The number of ether oxygens (including phenoxy) is 1. The first-order chi connectivity index (χ1) is 14.8. The van der Waals surface area contributed by atoms with Crippen LogP contribution in [0, 0.1) is 13.8 Å². The Hall–Kier alpha value is -3.64. The van der Waals surface area contributed by atoms with Crippen LogP contribution in [0.25, 0.3) is 0 Å². The molecule has 1 aliphatic heterocycles. The van der Waals surface area contributed by atoms with Gasteiger partial charge in [-0.05, 0) is 67.4 Å². The van der Waals surface area contributed by atoms with Crippen molar-refractivity contribution in [1.29, 1.82) is 0 Å². The van der Waals surface area contributed by atoms with Gasteiger partial charge in [0.15, 0.2) is 6.61 Å². The number of benzene rings is 3. The molecule has 1 heterocycles. The third-order valence-corrected chi connectivity index (χ3v) is 5.44. The van der Waals surface area contributed by atoms with E-state index in [1.54, 1.807) is 42.5 Å². The summed E-state index contributed by atoms with van der Waals surface area (Å²) in [7, 11) is 0. The van der Waals surface area contributed by atoms with Crippen LogP contribution in [0.5, 0.6) is 5.75 Å². The Kier molecular flexibility index (Phi) is 5.48. The number of rotatable bonds is 5. The summed E-state index contributed by atoms with van der Waals surface area (Å²) in [6, 6.07) is 16.8. The molecule has 7 heteroatoms. The predicted molar refractivity (Wildman–Crippen MR) is 119 cm³/mol. The lowest BCUT2D eigenvalue weighted by Crippen LogP contribution is -2.29. The molecule has 3 amide bonds. The van der Waals surface area contributed by atoms with Crippen LogP contribution >= 0.6 is 11.6 Å². The summed E-state index contributed by atoms with van der Waals surface area (Å²) in [5.74, 6) is -0.593. The van der Waals surface area contributed by atoms with Gasteiger partial charge in [-0.25, -0.2) is 4.90 Å². The first kappa shape index (κ1) is 20.6. The third-order valence-electron chi connectivity index (χ3n) is 5.13. The summed E-state index contributed by atoms with van der Waals surface area (Å²) < 4.78 is 5.53. The van der Waals surface area contributed by atoms with Crippen LogP contribution in [-0.4, -0.2) is 24.3 Å². The zero-order valence-electron chi connectivity index (χ0n) is 16.9. The molecule has 3 aromatic carbocycles. The first-order valence-corrected chi connectivity index (χ1v) is 10.00. The quantitative estimate of drug-likeness (QED) is 0.586. The number of nitrogens with zero attached hydrogens (tertiary/aromatic N) is 1. The van der Waals surface area contributed by atoms with E-state index in [-0.39, 0.29) is 17.5 Å². The van der Waals surface area contributed by atoms with Crippen molar-refractivity contribution in [2.45, 2.75) is 13.8 Å². The van der Waals surface area contributed by atoms with Crippen molar-refractivity contribution in [3.8, 4) is 5.75 Å². The van der Waals surface area contributed by atoms with E-state index in [4.69, 9.17) is 16.3 Å². The predicted octanol–water partition coefficient (Wildman–Crippen LogP) is 4.77. The Balaban J connectivity index is 1.44. The molecule has 0 atom stereocenters. The highest BCUT2D eigenvalue weighted by molar-refractivity contribution is 6.36. The van der Waals surface area contributed by atoms with Gasteiger partial charge in [-0.2, -0.15) is 0 Å². The fraction of sp³-hybridized carbons (Fsp3) is 0.125. The highest BCUT2D eigenvalue weighted by Crippen LogP contribution is 2.32. The van der Waals surface area contributed by atoms with Crippen LogP contribution in [-0.2, 0) is 4.79 Å². The topological polar surface area (TPSA) is 75.7 Å². The monoisotopic (exact) mass is 434 g/mol. The highest BCUT2D eigenvalue weighted by Gasteiger charge is 2.36. The average Bonchev–Trinajstić information content (AvgIpc) is 3.01. The number of hydrogen-bond donors (Lipinski definition) is 1. The van der Waals surface area contributed by atoms with Gasteiger partial charge in [-0.1, -0.05) is 29.8 Å². The molecular weight excluding hydrogens is 416 g/mol. The van der Waals surface area contributed by atoms with Crippen LogP contribution in [0.2, 0.25) is 5.02 Å². The molecule has 0 bridgehead atoms. The van der Waals surface area contributed by atoms with Crippen LogP contribution < -0.4 is 15.0 Å². The minimum Gasteiger partial charge on any atom is -0.484 e. The van der Waals surface area contributed by atoms with E-state index in [0.717, 1.165) is 16.0 Å². The first-order valence-electron chi connectivity index (χ1n) is 9.62. The van der Waals surface area contributed by atoms with Crippen molar-refractivity contribution in [3.63, 3.8) is 0 Å². The molecule has 156 valence electrons. The Labute approximate surface area is 184 Å². The van der Waals surface area contributed by atoms with Crippen molar-refractivity contribution in [2.75, 3.05) is 16.8 Å². The largest absolute Gasteiger partial charge is 0.484 e. The molecule has 31 heavy (non-hydrogen) atoms. The summed E-state index contributed by atoms with van der Waals surface area (Å²) in [6.07, 6.45) is 0. The molecule has 0 unspecified atom stereocenters. The van der Waals surface area contributed by atoms with Crippen molar-refractivity contribution in [1.82, 2.24) is 0 Å². The van der Waals surface area contributed by atoms with Gasteiger partial charge >= 0.3 is 0 Å². The molecule has 0 saturated carbocycles.